The molecule has 1 aromatic heterocycles. The van der Waals surface area contributed by atoms with Gasteiger partial charge in [0.15, 0.2) is 5.13 Å². The number of amides is 1. The van der Waals surface area contributed by atoms with Crippen LogP contribution < -0.4 is 10.1 Å². The number of thiazole rings is 1. The number of rotatable bonds is 6. The number of unbranched alkanes of at least 4 members (excludes halogenated alkanes) is 1. The van der Waals surface area contributed by atoms with Crippen LogP contribution in [0.25, 0.3) is 0 Å². The summed E-state index contributed by atoms with van der Waals surface area (Å²) < 4.78 is 5.67. The number of anilines is 1. The molecule has 24 heavy (non-hydrogen) atoms. The van der Waals surface area contributed by atoms with E-state index in [0.717, 1.165) is 37.1 Å². The van der Waals surface area contributed by atoms with Crippen LogP contribution in [0.3, 0.4) is 0 Å². The minimum absolute atomic E-state index is 0.130. The Morgan fingerprint density at radius 2 is 2.33 bits per heavy atom. The molecule has 2 aromatic rings. The van der Waals surface area contributed by atoms with Gasteiger partial charge in [0.25, 0.3) is 5.91 Å². The number of hydrogen-bond donors (Lipinski definition) is 1. The Morgan fingerprint density at radius 3 is 3.17 bits per heavy atom. The minimum Gasteiger partial charge on any atom is -0.494 e. The van der Waals surface area contributed by atoms with Crippen LogP contribution in [0, 0.1) is 5.92 Å². The zero-order valence-corrected chi connectivity index (χ0v) is 15.1. The summed E-state index contributed by atoms with van der Waals surface area (Å²) in [6.07, 6.45) is 5.38. The third-order valence-corrected chi connectivity index (χ3v) is 5.30. The van der Waals surface area contributed by atoms with Gasteiger partial charge in [0.05, 0.1) is 12.3 Å². The van der Waals surface area contributed by atoms with Gasteiger partial charge >= 0.3 is 0 Å². The average molecular weight is 344 g/mol. The molecule has 0 aliphatic heterocycles. The Balaban J connectivity index is 1.65. The number of carbonyl (C=O) groups excluding carboxylic acids is 1. The maximum absolute atomic E-state index is 12.5. The standard InChI is InChI=1S/C19H24N2O2S/c1-3-4-10-23-15-7-5-6-14(12-15)18(22)21-19-20-16-9-8-13(2)11-17(16)24-19/h5-7,12-13H,3-4,8-11H2,1-2H3,(H,20,21,22)/t13-/m1/s1. The summed E-state index contributed by atoms with van der Waals surface area (Å²) >= 11 is 1.61. The van der Waals surface area contributed by atoms with E-state index >= 15 is 0 Å². The molecular formula is C19H24N2O2S. The highest BCUT2D eigenvalue weighted by Gasteiger charge is 2.20. The SMILES string of the molecule is CCCCOc1cccc(C(=O)Nc2nc3c(s2)C[C@H](C)CC3)c1. The first-order valence-electron chi connectivity index (χ1n) is 8.68. The summed E-state index contributed by atoms with van der Waals surface area (Å²) in [7, 11) is 0. The second-order valence-corrected chi connectivity index (χ2v) is 7.50. The molecule has 1 heterocycles. The van der Waals surface area contributed by atoms with Gasteiger partial charge in [-0.25, -0.2) is 4.98 Å². The van der Waals surface area contributed by atoms with Crippen molar-refractivity contribution in [2.24, 2.45) is 5.92 Å². The van der Waals surface area contributed by atoms with Gasteiger partial charge < -0.3 is 4.74 Å². The highest BCUT2D eigenvalue weighted by atomic mass is 32.1. The van der Waals surface area contributed by atoms with Gasteiger partial charge in [-0.2, -0.15) is 0 Å². The van der Waals surface area contributed by atoms with Gasteiger partial charge in [-0.3, -0.25) is 10.1 Å². The molecule has 0 bridgehead atoms. The summed E-state index contributed by atoms with van der Waals surface area (Å²) in [5.41, 5.74) is 1.76. The molecule has 1 aromatic carbocycles. The van der Waals surface area contributed by atoms with Crippen molar-refractivity contribution in [1.29, 1.82) is 0 Å². The van der Waals surface area contributed by atoms with Crippen LogP contribution in [0.2, 0.25) is 0 Å². The summed E-state index contributed by atoms with van der Waals surface area (Å²) in [6, 6.07) is 7.33. The van der Waals surface area contributed by atoms with E-state index in [0.29, 0.717) is 23.2 Å². The predicted octanol–water partition coefficient (Wildman–Crippen LogP) is 4.70. The Hall–Kier alpha value is -1.88. The van der Waals surface area contributed by atoms with Crippen molar-refractivity contribution in [2.45, 2.75) is 46.0 Å². The van der Waals surface area contributed by atoms with Crippen molar-refractivity contribution in [2.75, 3.05) is 11.9 Å². The quantitative estimate of drug-likeness (QED) is 0.773. The fraction of sp³-hybridized carbons (Fsp3) is 0.474. The molecule has 0 spiro atoms. The van der Waals surface area contributed by atoms with Gasteiger partial charge in [0.2, 0.25) is 0 Å². The van der Waals surface area contributed by atoms with Crippen molar-refractivity contribution < 1.29 is 9.53 Å². The molecule has 5 heteroatoms. The fourth-order valence-corrected chi connectivity index (χ4v) is 3.99. The van der Waals surface area contributed by atoms with Crippen LogP contribution in [-0.4, -0.2) is 17.5 Å². The third-order valence-electron chi connectivity index (χ3n) is 4.27. The van der Waals surface area contributed by atoms with Crippen LogP contribution in [0.5, 0.6) is 5.75 Å². The van der Waals surface area contributed by atoms with Crippen LogP contribution in [0.1, 0.15) is 54.0 Å². The minimum atomic E-state index is -0.130. The molecule has 0 radical (unpaired) electrons. The van der Waals surface area contributed by atoms with E-state index in [1.165, 1.54) is 11.3 Å². The number of aromatic nitrogens is 1. The smallest absolute Gasteiger partial charge is 0.257 e. The van der Waals surface area contributed by atoms with Gasteiger partial charge in [-0.05, 0) is 49.8 Å². The van der Waals surface area contributed by atoms with Gasteiger partial charge in [-0.1, -0.05) is 26.3 Å². The fourth-order valence-electron chi connectivity index (χ4n) is 2.82. The molecule has 1 N–H and O–H groups in total. The van der Waals surface area contributed by atoms with Crippen molar-refractivity contribution in [3.8, 4) is 5.75 Å². The highest BCUT2D eigenvalue weighted by molar-refractivity contribution is 7.15. The van der Waals surface area contributed by atoms with Crippen molar-refractivity contribution in [3.63, 3.8) is 0 Å². The third kappa shape index (κ3) is 4.15. The number of hydrogen-bond acceptors (Lipinski definition) is 4. The lowest BCUT2D eigenvalue weighted by atomic mass is 9.93. The van der Waals surface area contributed by atoms with E-state index in [4.69, 9.17) is 4.74 Å². The zero-order valence-electron chi connectivity index (χ0n) is 14.3. The Morgan fingerprint density at radius 1 is 1.46 bits per heavy atom. The number of fused-ring (bicyclic) bond motifs is 1. The molecule has 1 atom stereocenters. The largest absolute Gasteiger partial charge is 0.494 e. The summed E-state index contributed by atoms with van der Waals surface area (Å²) in [5.74, 6) is 1.32. The molecule has 1 amide bonds. The highest BCUT2D eigenvalue weighted by Crippen LogP contribution is 2.32. The molecule has 0 fully saturated rings. The molecule has 0 saturated heterocycles. The van der Waals surface area contributed by atoms with Crippen LogP contribution >= 0.6 is 11.3 Å². The van der Waals surface area contributed by atoms with E-state index in [-0.39, 0.29) is 5.91 Å². The molecule has 1 aliphatic rings. The number of benzene rings is 1. The number of ether oxygens (including phenoxy) is 1. The van der Waals surface area contributed by atoms with Crippen molar-refractivity contribution in [1.82, 2.24) is 4.98 Å². The molecule has 3 rings (SSSR count). The van der Waals surface area contributed by atoms with Crippen LogP contribution in [0.4, 0.5) is 5.13 Å². The number of nitrogens with one attached hydrogen (secondary N) is 1. The Kier molecular flexibility index (Phi) is 5.51. The first-order valence-corrected chi connectivity index (χ1v) is 9.50. The average Bonchev–Trinajstić information content (AvgIpc) is 2.96. The number of nitrogens with zero attached hydrogens (tertiary/aromatic N) is 1. The lowest BCUT2D eigenvalue weighted by molar-refractivity contribution is 0.102. The van der Waals surface area contributed by atoms with E-state index in [9.17, 15) is 4.79 Å². The summed E-state index contributed by atoms with van der Waals surface area (Å²) in [6.45, 7) is 5.07. The van der Waals surface area contributed by atoms with E-state index < -0.39 is 0 Å². The normalized spacial score (nSPS) is 16.5. The van der Waals surface area contributed by atoms with Crippen molar-refractivity contribution >= 4 is 22.4 Å². The molecular weight excluding hydrogens is 320 g/mol. The molecule has 128 valence electrons. The summed E-state index contributed by atoms with van der Waals surface area (Å²) in [4.78, 5) is 18.4. The van der Waals surface area contributed by atoms with Gasteiger partial charge in [0.1, 0.15) is 5.75 Å². The van der Waals surface area contributed by atoms with Crippen molar-refractivity contribution in [3.05, 3.63) is 40.4 Å². The maximum Gasteiger partial charge on any atom is 0.257 e. The monoisotopic (exact) mass is 344 g/mol. The first kappa shape index (κ1) is 17.0. The van der Waals surface area contributed by atoms with E-state index in [1.807, 2.05) is 12.1 Å². The lowest BCUT2D eigenvalue weighted by Crippen LogP contribution is -2.12. The van der Waals surface area contributed by atoms with Crippen LogP contribution in [0.15, 0.2) is 24.3 Å². The second-order valence-electron chi connectivity index (χ2n) is 6.42. The first-order chi connectivity index (χ1) is 11.7. The van der Waals surface area contributed by atoms with Crippen LogP contribution in [-0.2, 0) is 12.8 Å². The number of carbonyl (C=O) groups is 1. The number of aryl methyl sites for hydroxylation is 1. The van der Waals surface area contributed by atoms with E-state index in [2.05, 4.69) is 24.1 Å². The second kappa shape index (κ2) is 7.79. The molecule has 0 unspecified atom stereocenters. The molecule has 0 saturated carbocycles. The lowest BCUT2D eigenvalue weighted by Gasteiger charge is -2.15. The zero-order chi connectivity index (χ0) is 16.9. The van der Waals surface area contributed by atoms with Gasteiger partial charge in [-0.15, -0.1) is 11.3 Å². The maximum atomic E-state index is 12.5. The van der Waals surface area contributed by atoms with E-state index in [1.54, 1.807) is 23.5 Å². The van der Waals surface area contributed by atoms with Gasteiger partial charge in [0, 0.05) is 10.4 Å². The predicted molar refractivity (Wildman–Crippen MR) is 98.1 cm³/mol. The molecule has 4 nitrogen and oxygen atoms in total. The Bertz CT molecular complexity index is 711. The topological polar surface area (TPSA) is 51.2 Å². The molecule has 1 aliphatic carbocycles. The Labute approximate surface area is 147 Å². The summed E-state index contributed by atoms with van der Waals surface area (Å²) in [5, 5.41) is 3.64.